The van der Waals surface area contributed by atoms with Gasteiger partial charge in [0.25, 0.3) is 0 Å². The molecule has 1 fully saturated rings. The van der Waals surface area contributed by atoms with E-state index in [2.05, 4.69) is 11.8 Å². The number of morpholine rings is 1. The van der Waals surface area contributed by atoms with Gasteiger partial charge in [-0.1, -0.05) is 6.92 Å². The van der Waals surface area contributed by atoms with Crippen LogP contribution in [0.5, 0.6) is 0 Å². The molecule has 0 spiro atoms. The molecule has 3 nitrogen and oxygen atoms in total. The van der Waals surface area contributed by atoms with E-state index in [1.54, 1.807) is 6.07 Å². The molecule has 0 aliphatic carbocycles. The van der Waals surface area contributed by atoms with Gasteiger partial charge in [0, 0.05) is 20.0 Å². The lowest BCUT2D eigenvalue weighted by atomic mass is 10.4. The molecule has 0 bridgehead atoms. The molecule has 64 valence electrons. The maximum Gasteiger partial charge on any atom is 0.0594 e. The van der Waals surface area contributed by atoms with Crippen LogP contribution < -0.4 is 0 Å². The SMILES string of the molecule is CC#N.CCN1CCOCC1. The first-order chi connectivity index (χ1) is 5.35. The minimum atomic E-state index is 0.924. The quantitative estimate of drug-likeness (QED) is 0.565. The molecule has 0 aromatic heterocycles. The van der Waals surface area contributed by atoms with Gasteiger partial charge in [-0.15, -0.1) is 0 Å². The van der Waals surface area contributed by atoms with E-state index in [-0.39, 0.29) is 0 Å². The first kappa shape index (κ1) is 10.4. The van der Waals surface area contributed by atoms with Crippen molar-refractivity contribution >= 4 is 0 Å². The zero-order chi connectivity index (χ0) is 8.53. The third-order valence-electron chi connectivity index (χ3n) is 1.55. The summed E-state index contributed by atoms with van der Waals surface area (Å²) in [4.78, 5) is 2.39. The molecule has 1 saturated heterocycles. The molecule has 0 unspecified atom stereocenters. The summed E-state index contributed by atoms with van der Waals surface area (Å²) < 4.78 is 5.16. The highest BCUT2D eigenvalue weighted by atomic mass is 16.5. The van der Waals surface area contributed by atoms with Crippen LogP contribution in [0.15, 0.2) is 0 Å². The standard InChI is InChI=1S/C6H13NO.C2H3N/c1-2-7-3-5-8-6-4-7;1-2-3/h2-6H2,1H3;1H3. The normalized spacial score (nSPS) is 17.9. The Kier molecular flexibility index (Phi) is 7.11. The highest BCUT2D eigenvalue weighted by Gasteiger charge is 2.05. The second-order valence-electron chi connectivity index (χ2n) is 2.27. The molecule has 11 heavy (non-hydrogen) atoms. The topological polar surface area (TPSA) is 36.3 Å². The highest BCUT2D eigenvalue weighted by molar-refractivity contribution is 4.57. The lowest BCUT2D eigenvalue weighted by Gasteiger charge is -2.24. The summed E-state index contributed by atoms with van der Waals surface area (Å²) in [6.45, 7) is 8.88. The molecule has 1 rings (SSSR count). The minimum absolute atomic E-state index is 0.924. The smallest absolute Gasteiger partial charge is 0.0594 e. The average molecular weight is 156 g/mol. The number of hydrogen-bond acceptors (Lipinski definition) is 3. The third-order valence-corrected chi connectivity index (χ3v) is 1.55. The van der Waals surface area contributed by atoms with Crippen LogP contribution in [-0.2, 0) is 4.74 Å². The molecule has 0 aromatic rings. The fourth-order valence-electron chi connectivity index (χ4n) is 0.917. The Labute approximate surface area is 68.6 Å². The van der Waals surface area contributed by atoms with Crippen LogP contribution in [0, 0.1) is 11.3 Å². The van der Waals surface area contributed by atoms with E-state index in [0.717, 1.165) is 26.3 Å². The monoisotopic (exact) mass is 156 g/mol. The molecule has 0 saturated carbocycles. The molecule has 1 heterocycles. The van der Waals surface area contributed by atoms with E-state index in [9.17, 15) is 0 Å². The van der Waals surface area contributed by atoms with Crippen LogP contribution in [0.1, 0.15) is 13.8 Å². The Morgan fingerprint density at radius 2 is 1.91 bits per heavy atom. The van der Waals surface area contributed by atoms with Crippen molar-refractivity contribution < 1.29 is 4.74 Å². The number of ether oxygens (including phenoxy) is 1. The number of nitrogens with zero attached hydrogens (tertiary/aromatic N) is 2. The van der Waals surface area contributed by atoms with E-state index in [4.69, 9.17) is 10.00 Å². The summed E-state index contributed by atoms with van der Waals surface area (Å²) in [6, 6.07) is 1.75. The largest absolute Gasteiger partial charge is 0.379 e. The molecular weight excluding hydrogens is 140 g/mol. The number of likely N-dealkylation sites (N-methyl/N-ethyl adjacent to an activating group) is 1. The van der Waals surface area contributed by atoms with Gasteiger partial charge in [-0.3, -0.25) is 4.90 Å². The zero-order valence-electron chi connectivity index (χ0n) is 7.34. The summed E-state index contributed by atoms with van der Waals surface area (Å²) >= 11 is 0. The predicted octanol–water partition coefficient (Wildman–Crippen LogP) is 0.868. The van der Waals surface area contributed by atoms with Crippen molar-refractivity contribution in [2.45, 2.75) is 13.8 Å². The van der Waals surface area contributed by atoms with Gasteiger partial charge in [-0.05, 0) is 6.54 Å². The summed E-state index contributed by atoms with van der Waals surface area (Å²) in [5.74, 6) is 0. The predicted molar refractivity (Wildman–Crippen MR) is 44.2 cm³/mol. The number of rotatable bonds is 1. The van der Waals surface area contributed by atoms with Crippen LogP contribution in [0.25, 0.3) is 0 Å². The van der Waals surface area contributed by atoms with Crippen LogP contribution in [-0.4, -0.2) is 37.7 Å². The van der Waals surface area contributed by atoms with Crippen molar-refractivity contribution in [2.75, 3.05) is 32.8 Å². The van der Waals surface area contributed by atoms with Gasteiger partial charge in [0.1, 0.15) is 0 Å². The number of hydrogen-bond donors (Lipinski definition) is 0. The fourth-order valence-corrected chi connectivity index (χ4v) is 0.917. The van der Waals surface area contributed by atoms with Gasteiger partial charge >= 0.3 is 0 Å². The van der Waals surface area contributed by atoms with E-state index in [0.29, 0.717) is 0 Å². The molecule has 0 atom stereocenters. The molecule has 0 radical (unpaired) electrons. The van der Waals surface area contributed by atoms with Crippen LogP contribution in [0.2, 0.25) is 0 Å². The van der Waals surface area contributed by atoms with Crippen LogP contribution in [0.3, 0.4) is 0 Å². The second-order valence-corrected chi connectivity index (χ2v) is 2.27. The van der Waals surface area contributed by atoms with Crippen LogP contribution >= 0.6 is 0 Å². The van der Waals surface area contributed by atoms with Crippen LogP contribution in [0.4, 0.5) is 0 Å². The molecule has 1 aliphatic rings. The number of nitriles is 1. The van der Waals surface area contributed by atoms with Crippen molar-refractivity contribution in [1.82, 2.24) is 4.90 Å². The Balaban J connectivity index is 0.000000292. The van der Waals surface area contributed by atoms with Gasteiger partial charge in [0.15, 0.2) is 0 Å². The molecule has 1 aliphatic heterocycles. The third kappa shape index (κ3) is 5.84. The Morgan fingerprint density at radius 1 is 1.45 bits per heavy atom. The summed E-state index contributed by atoms with van der Waals surface area (Å²) in [7, 11) is 0. The highest BCUT2D eigenvalue weighted by Crippen LogP contribution is 1.93. The average Bonchev–Trinajstić information content (AvgIpc) is 2.08. The Bertz CT molecular complexity index is 114. The molecule has 0 aromatic carbocycles. The molecule has 3 heteroatoms. The first-order valence-corrected chi connectivity index (χ1v) is 3.96. The molecule has 0 amide bonds. The zero-order valence-corrected chi connectivity index (χ0v) is 7.34. The van der Waals surface area contributed by atoms with Crippen molar-refractivity contribution in [2.24, 2.45) is 0 Å². The second kappa shape index (κ2) is 7.52. The van der Waals surface area contributed by atoms with Gasteiger partial charge in [0.2, 0.25) is 0 Å². The summed E-state index contributed by atoms with van der Waals surface area (Å²) in [5.41, 5.74) is 0. The van der Waals surface area contributed by atoms with E-state index in [1.807, 2.05) is 0 Å². The lowest BCUT2D eigenvalue weighted by molar-refractivity contribution is 0.0405. The Morgan fingerprint density at radius 3 is 2.18 bits per heavy atom. The van der Waals surface area contributed by atoms with E-state index < -0.39 is 0 Å². The van der Waals surface area contributed by atoms with E-state index >= 15 is 0 Å². The minimum Gasteiger partial charge on any atom is -0.379 e. The van der Waals surface area contributed by atoms with Gasteiger partial charge in [-0.2, -0.15) is 5.26 Å². The van der Waals surface area contributed by atoms with Crippen molar-refractivity contribution in [1.29, 1.82) is 5.26 Å². The van der Waals surface area contributed by atoms with Gasteiger partial charge < -0.3 is 4.74 Å². The Hall–Kier alpha value is -0.590. The van der Waals surface area contributed by atoms with Gasteiger partial charge in [0.05, 0.1) is 19.3 Å². The maximum atomic E-state index is 7.32. The fraction of sp³-hybridized carbons (Fsp3) is 0.875. The molecular formula is C8H16N2O. The summed E-state index contributed by atoms with van der Waals surface area (Å²) in [6.07, 6.45) is 0. The van der Waals surface area contributed by atoms with E-state index in [1.165, 1.54) is 13.5 Å². The lowest BCUT2D eigenvalue weighted by Crippen LogP contribution is -2.35. The molecule has 0 N–H and O–H groups in total. The van der Waals surface area contributed by atoms with Crippen molar-refractivity contribution in [3.63, 3.8) is 0 Å². The maximum absolute atomic E-state index is 7.32. The van der Waals surface area contributed by atoms with Crippen molar-refractivity contribution in [3.8, 4) is 6.07 Å². The first-order valence-electron chi connectivity index (χ1n) is 3.96. The van der Waals surface area contributed by atoms with Gasteiger partial charge in [-0.25, -0.2) is 0 Å². The van der Waals surface area contributed by atoms with Crippen molar-refractivity contribution in [3.05, 3.63) is 0 Å². The summed E-state index contributed by atoms with van der Waals surface area (Å²) in [5, 5.41) is 7.32.